The van der Waals surface area contributed by atoms with Gasteiger partial charge in [0.15, 0.2) is 5.69 Å². The van der Waals surface area contributed by atoms with Gasteiger partial charge in [-0.25, -0.2) is 4.79 Å². The minimum Gasteiger partial charge on any atom is -0.339 e. The summed E-state index contributed by atoms with van der Waals surface area (Å²) in [7, 11) is 0. The van der Waals surface area contributed by atoms with E-state index in [1.807, 2.05) is 50.2 Å². The minimum atomic E-state index is -0.611. The fourth-order valence-corrected chi connectivity index (χ4v) is 3.41. The molecule has 174 valence electrons. The molecule has 0 aliphatic heterocycles. The summed E-state index contributed by atoms with van der Waals surface area (Å²) in [4.78, 5) is 42.2. The lowest BCUT2D eigenvalue weighted by Gasteiger charge is -2.09. The van der Waals surface area contributed by atoms with E-state index in [0.717, 1.165) is 20.4 Å². The van der Waals surface area contributed by atoms with Crippen molar-refractivity contribution in [2.24, 2.45) is 0 Å². The molecule has 1 N–H and O–H groups in total. The summed E-state index contributed by atoms with van der Waals surface area (Å²) in [6.45, 7) is 5.72. The van der Waals surface area contributed by atoms with E-state index in [1.54, 1.807) is 19.1 Å². The summed E-state index contributed by atoms with van der Waals surface area (Å²) in [6, 6.07) is 14.7. The van der Waals surface area contributed by atoms with Gasteiger partial charge >= 0.3 is 5.69 Å². The molecule has 4 aromatic rings. The Labute approximate surface area is 194 Å². The van der Waals surface area contributed by atoms with Crippen molar-refractivity contribution >= 4 is 11.6 Å². The second-order valence-corrected chi connectivity index (χ2v) is 7.86. The average molecular weight is 460 g/mol. The number of carbonyl (C=O) groups is 1. The molecule has 10 nitrogen and oxygen atoms in total. The van der Waals surface area contributed by atoms with Crippen LogP contribution in [-0.2, 0) is 17.8 Å². The minimum absolute atomic E-state index is 0.0397. The SMILES string of the molecule is CCn1c(=O)c(-c2noc(CCC(=O)Nc3cccc(C)c3)n2)nn(-c2ccc(C)cc2)c1=O. The van der Waals surface area contributed by atoms with Gasteiger partial charge in [0.1, 0.15) is 0 Å². The van der Waals surface area contributed by atoms with Crippen LogP contribution in [0, 0.1) is 13.8 Å². The first kappa shape index (κ1) is 22.8. The Kier molecular flexibility index (Phi) is 6.48. The van der Waals surface area contributed by atoms with E-state index in [9.17, 15) is 14.4 Å². The maximum atomic E-state index is 12.9. The summed E-state index contributed by atoms with van der Waals surface area (Å²) in [6.07, 6.45) is 0.301. The van der Waals surface area contributed by atoms with Crippen molar-refractivity contribution in [3.63, 3.8) is 0 Å². The van der Waals surface area contributed by atoms with Gasteiger partial charge < -0.3 is 9.84 Å². The zero-order chi connectivity index (χ0) is 24.2. The third-order valence-electron chi connectivity index (χ3n) is 5.20. The highest BCUT2D eigenvalue weighted by Gasteiger charge is 2.20. The van der Waals surface area contributed by atoms with Crippen molar-refractivity contribution < 1.29 is 9.32 Å². The van der Waals surface area contributed by atoms with Crippen LogP contribution < -0.4 is 16.6 Å². The molecule has 0 aliphatic rings. The maximum absolute atomic E-state index is 12.9. The van der Waals surface area contributed by atoms with Crippen molar-refractivity contribution in [1.29, 1.82) is 0 Å². The Morgan fingerprint density at radius 3 is 2.53 bits per heavy atom. The molecule has 34 heavy (non-hydrogen) atoms. The lowest BCUT2D eigenvalue weighted by molar-refractivity contribution is -0.116. The van der Waals surface area contributed by atoms with Crippen LogP contribution in [0.1, 0.15) is 30.4 Å². The number of aryl methyl sites for hydroxylation is 3. The summed E-state index contributed by atoms with van der Waals surface area (Å²) in [5.41, 5.74) is 2.00. The monoisotopic (exact) mass is 460 g/mol. The van der Waals surface area contributed by atoms with Gasteiger partial charge in [-0.15, -0.1) is 0 Å². The molecule has 0 radical (unpaired) electrons. The first-order chi connectivity index (χ1) is 16.4. The Morgan fingerprint density at radius 2 is 1.82 bits per heavy atom. The molecule has 2 aromatic heterocycles. The van der Waals surface area contributed by atoms with E-state index in [4.69, 9.17) is 4.52 Å². The predicted molar refractivity (Wildman–Crippen MR) is 126 cm³/mol. The molecule has 1 amide bonds. The van der Waals surface area contributed by atoms with Gasteiger partial charge in [-0.1, -0.05) is 35.0 Å². The van der Waals surface area contributed by atoms with E-state index < -0.39 is 11.2 Å². The topological polar surface area (TPSA) is 125 Å². The Bertz CT molecular complexity index is 1450. The molecule has 0 atom stereocenters. The van der Waals surface area contributed by atoms with Gasteiger partial charge in [0.05, 0.1) is 5.69 Å². The summed E-state index contributed by atoms with van der Waals surface area (Å²) >= 11 is 0. The molecule has 0 bridgehead atoms. The van der Waals surface area contributed by atoms with Crippen molar-refractivity contribution in [3.8, 4) is 17.2 Å². The zero-order valence-electron chi connectivity index (χ0n) is 19.1. The number of amides is 1. The Hall–Kier alpha value is -4.34. The highest BCUT2D eigenvalue weighted by atomic mass is 16.5. The van der Waals surface area contributed by atoms with Crippen LogP contribution in [0.25, 0.3) is 17.2 Å². The van der Waals surface area contributed by atoms with Gasteiger partial charge in [0, 0.05) is 25.1 Å². The lowest BCUT2D eigenvalue weighted by atomic mass is 10.2. The molecule has 2 aromatic carbocycles. The van der Waals surface area contributed by atoms with Gasteiger partial charge in [0.2, 0.25) is 17.6 Å². The fraction of sp³-hybridized carbons (Fsp3) is 0.250. The van der Waals surface area contributed by atoms with Gasteiger partial charge in [-0.3, -0.25) is 14.2 Å². The zero-order valence-corrected chi connectivity index (χ0v) is 19.1. The molecule has 2 heterocycles. The second-order valence-electron chi connectivity index (χ2n) is 7.86. The molecular formula is C24H24N6O4. The van der Waals surface area contributed by atoms with Crippen LogP contribution in [-0.4, -0.2) is 30.4 Å². The quantitative estimate of drug-likeness (QED) is 0.449. The first-order valence-corrected chi connectivity index (χ1v) is 10.9. The van der Waals surface area contributed by atoms with Crippen LogP contribution in [0.15, 0.2) is 62.6 Å². The van der Waals surface area contributed by atoms with Gasteiger partial charge in [-0.2, -0.15) is 14.8 Å². The lowest BCUT2D eigenvalue weighted by Crippen LogP contribution is -2.41. The van der Waals surface area contributed by atoms with Gasteiger partial charge in [-0.05, 0) is 50.6 Å². The number of aromatic nitrogens is 5. The van der Waals surface area contributed by atoms with E-state index in [0.29, 0.717) is 11.4 Å². The number of carbonyl (C=O) groups excluding carboxylic acids is 1. The van der Waals surface area contributed by atoms with Crippen molar-refractivity contribution in [1.82, 2.24) is 24.5 Å². The maximum Gasteiger partial charge on any atom is 0.352 e. The van der Waals surface area contributed by atoms with E-state index in [2.05, 4.69) is 20.6 Å². The van der Waals surface area contributed by atoms with Crippen molar-refractivity contribution in [3.05, 3.63) is 86.4 Å². The number of nitrogens with zero attached hydrogens (tertiary/aromatic N) is 5. The third-order valence-corrected chi connectivity index (χ3v) is 5.20. The number of anilines is 1. The largest absolute Gasteiger partial charge is 0.352 e. The van der Waals surface area contributed by atoms with Crippen molar-refractivity contribution in [2.45, 2.75) is 40.2 Å². The van der Waals surface area contributed by atoms with Crippen LogP contribution in [0.3, 0.4) is 0 Å². The smallest absolute Gasteiger partial charge is 0.339 e. The Balaban J connectivity index is 1.57. The number of benzene rings is 2. The molecule has 0 saturated heterocycles. The van der Waals surface area contributed by atoms with E-state index in [1.165, 1.54) is 0 Å². The number of hydrogen-bond donors (Lipinski definition) is 1. The molecule has 4 rings (SSSR count). The average Bonchev–Trinajstić information content (AvgIpc) is 3.28. The van der Waals surface area contributed by atoms with Crippen LogP contribution >= 0.6 is 0 Å². The highest BCUT2D eigenvalue weighted by Crippen LogP contribution is 2.13. The molecule has 0 unspecified atom stereocenters. The Morgan fingerprint density at radius 1 is 1.06 bits per heavy atom. The highest BCUT2D eigenvalue weighted by molar-refractivity contribution is 5.90. The molecule has 0 aliphatic carbocycles. The fourth-order valence-electron chi connectivity index (χ4n) is 3.41. The molecular weight excluding hydrogens is 436 g/mol. The molecule has 10 heteroatoms. The van der Waals surface area contributed by atoms with E-state index in [-0.39, 0.29) is 42.7 Å². The van der Waals surface area contributed by atoms with E-state index >= 15 is 0 Å². The standard InChI is InChI=1S/C24H24N6O4/c1-4-29-23(32)21(27-30(24(29)33)18-10-8-15(2)9-11-18)22-26-20(34-28-22)13-12-19(31)25-17-7-5-6-16(3)14-17/h5-11,14H,4,12-13H2,1-3H3,(H,25,31). The third kappa shape index (κ3) is 4.85. The first-order valence-electron chi connectivity index (χ1n) is 10.9. The summed E-state index contributed by atoms with van der Waals surface area (Å²) in [5, 5.41) is 10.9. The van der Waals surface area contributed by atoms with Crippen LogP contribution in [0.2, 0.25) is 0 Å². The summed E-state index contributed by atoms with van der Waals surface area (Å²) < 4.78 is 7.45. The number of hydrogen-bond acceptors (Lipinski definition) is 7. The predicted octanol–water partition coefficient (Wildman–Crippen LogP) is 2.65. The number of nitrogens with one attached hydrogen (secondary N) is 1. The normalized spacial score (nSPS) is 10.9. The molecule has 0 spiro atoms. The van der Waals surface area contributed by atoms with Crippen LogP contribution in [0.4, 0.5) is 5.69 Å². The second kappa shape index (κ2) is 9.65. The van der Waals surface area contributed by atoms with Gasteiger partial charge in [0.25, 0.3) is 5.56 Å². The molecule has 0 fully saturated rings. The number of rotatable bonds is 7. The van der Waals surface area contributed by atoms with Crippen molar-refractivity contribution in [2.75, 3.05) is 5.32 Å². The summed E-state index contributed by atoms with van der Waals surface area (Å²) in [5.74, 6) is -0.0568. The van der Waals surface area contributed by atoms with Crippen LogP contribution in [0.5, 0.6) is 0 Å². The molecule has 0 saturated carbocycles.